The molecule has 11 nitrogen and oxygen atoms in total. The van der Waals surface area contributed by atoms with E-state index >= 15 is 0 Å². The summed E-state index contributed by atoms with van der Waals surface area (Å²) in [6.07, 6.45) is -6.58. The van der Waals surface area contributed by atoms with Gasteiger partial charge in [-0.2, -0.15) is 0 Å². The summed E-state index contributed by atoms with van der Waals surface area (Å²) in [5.41, 5.74) is -2.33. The summed E-state index contributed by atoms with van der Waals surface area (Å²) in [7, 11) is 0. The van der Waals surface area contributed by atoms with Gasteiger partial charge in [0.2, 0.25) is 0 Å². The molecule has 0 amide bonds. The highest BCUT2D eigenvalue weighted by Gasteiger charge is 2.75. The van der Waals surface area contributed by atoms with Crippen molar-refractivity contribution in [2.24, 2.45) is 17.3 Å². The van der Waals surface area contributed by atoms with Crippen molar-refractivity contribution in [1.29, 1.82) is 0 Å². The van der Waals surface area contributed by atoms with Crippen LogP contribution < -0.4 is 0 Å². The largest absolute Gasteiger partial charge is 0.462 e. The topological polar surface area (TPSA) is 141 Å². The van der Waals surface area contributed by atoms with E-state index in [9.17, 15) is 24.0 Å². The van der Waals surface area contributed by atoms with Crippen LogP contribution in [0, 0.1) is 17.3 Å². The summed E-state index contributed by atoms with van der Waals surface area (Å²) < 4.78 is 36.0. The number of fused-ring (bicyclic) bond motifs is 2. The third-order valence-electron chi connectivity index (χ3n) is 8.72. The van der Waals surface area contributed by atoms with E-state index in [1.807, 2.05) is 0 Å². The van der Waals surface area contributed by atoms with Gasteiger partial charge >= 0.3 is 29.8 Å². The number of carbonyl (C=O) groups excluding carboxylic acids is 5. The molecule has 0 aromatic rings. The molecule has 1 unspecified atom stereocenters. The van der Waals surface area contributed by atoms with Crippen molar-refractivity contribution in [3.63, 3.8) is 0 Å². The predicted molar refractivity (Wildman–Crippen MR) is 138 cm³/mol. The van der Waals surface area contributed by atoms with Gasteiger partial charge in [0.15, 0.2) is 23.9 Å². The molecule has 220 valence electrons. The van der Waals surface area contributed by atoms with Gasteiger partial charge in [-0.1, -0.05) is 25.7 Å². The van der Waals surface area contributed by atoms with Gasteiger partial charge in [0.1, 0.15) is 18.3 Å². The Kier molecular flexibility index (Phi) is 7.87. The Bertz CT molecular complexity index is 1160. The minimum atomic E-state index is -1.69. The van der Waals surface area contributed by atoms with Crippen LogP contribution in [0.3, 0.4) is 0 Å². The quantitative estimate of drug-likeness (QED) is 0.209. The molecule has 0 N–H and O–H groups in total. The molecule has 1 aliphatic carbocycles. The number of alkyl halides is 1. The maximum atomic E-state index is 13.1. The zero-order valence-electron chi connectivity index (χ0n) is 23.4. The Morgan fingerprint density at radius 1 is 0.925 bits per heavy atom. The lowest BCUT2D eigenvalue weighted by molar-refractivity contribution is -0.294. The van der Waals surface area contributed by atoms with Gasteiger partial charge in [-0.05, 0) is 25.3 Å². The number of ether oxygens (including phenoxy) is 6. The molecule has 3 heterocycles. The molecule has 11 atom stereocenters. The number of esters is 5. The lowest BCUT2D eigenvalue weighted by atomic mass is 9.53. The van der Waals surface area contributed by atoms with E-state index in [4.69, 9.17) is 40.0 Å². The molecule has 4 rings (SSSR count). The van der Waals surface area contributed by atoms with Gasteiger partial charge < -0.3 is 28.4 Å². The number of halogens is 1. The van der Waals surface area contributed by atoms with E-state index in [0.717, 1.165) is 0 Å². The van der Waals surface area contributed by atoms with Crippen LogP contribution in [0.15, 0.2) is 24.3 Å². The van der Waals surface area contributed by atoms with Crippen molar-refractivity contribution in [3.8, 4) is 0 Å². The molecule has 3 aliphatic heterocycles. The molecule has 2 bridgehead atoms. The van der Waals surface area contributed by atoms with Crippen LogP contribution in [0.25, 0.3) is 0 Å². The van der Waals surface area contributed by atoms with Crippen molar-refractivity contribution in [3.05, 3.63) is 24.3 Å². The second-order valence-corrected chi connectivity index (χ2v) is 11.7. The van der Waals surface area contributed by atoms with Crippen molar-refractivity contribution < 1.29 is 52.4 Å². The molecule has 1 saturated carbocycles. The van der Waals surface area contributed by atoms with Gasteiger partial charge in [0.25, 0.3) is 0 Å². The van der Waals surface area contributed by atoms with Crippen LogP contribution in [0.5, 0.6) is 0 Å². The zero-order valence-corrected chi connectivity index (χ0v) is 24.1. The first kappa shape index (κ1) is 30.0. The molecule has 4 aliphatic rings. The molecule has 40 heavy (non-hydrogen) atoms. The Labute approximate surface area is 237 Å². The van der Waals surface area contributed by atoms with Crippen molar-refractivity contribution in [2.75, 3.05) is 0 Å². The third-order valence-corrected chi connectivity index (χ3v) is 9.23. The first-order valence-electron chi connectivity index (χ1n) is 13.1. The first-order chi connectivity index (χ1) is 18.6. The van der Waals surface area contributed by atoms with E-state index in [2.05, 4.69) is 13.2 Å². The number of carbonyl (C=O) groups is 5. The monoisotopic (exact) mass is 582 g/mol. The maximum absolute atomic E-state index is 13.1. The average Bonchev–Trinajstić information content (AvgIpc) is 3.09. The smallest absolute Gasteiger partial charge is 0.312 e. The Morgan fingerprint density at radius 3 is 2.02 bits per heavy atom. The van der Waals surface area contributed by atoms with E-state index in [0.29, 0.717) is 12.0 Å². The van der Waals surface area contributed by atoms with Gasteiger partial charge in [0, 0.05) is 33.6 Å². The number of hydrogen-bond acceptors (Lipinski definition) is 11. The highest BCUT2D eigenvalue weighted by atomic mass is 35.5. The van der Waals surface area contributed by atoms with Crippen LogP contribution in [0.4, 0.5) is 0 Å². The molecule has 4 fully saturated rings. The third kappa shape index (κ3) is 4.51. The minimum Gasteiger partial charge on any atom is -0.462 e. The summed E-state index contributed by atoms with van der Waals surface area (Å²) in [5.74, 6) is -5.30. The zero-order chi connectivity index (χ0) is 29.9. The summed E-state index contributed by atoms with van der Waals surface area (Å²) in [5, 5.41) is -1.05. The maximum Gasteiger partial charge on any atom is 0.312 e. The van der Waals surface area contributed by atoms with E-state index in [-0.39, 0.29) is 12.0 Å². The highest BCUT2D eigenvalue weighted by Crippen LogP contribution is 2.61. The van der Waals surface area contributed by atoms with Crippen LogP contribution in [-0.4, -0.2) is 77.4 Å². The Morgan fingerprint density at radius 2 is 1.48 bits per heavy atom. The van der Waals surface area contributed by atoms with E-state index in [1.54, 1.807) is 13.8 Å². The normalized spacial score (nSPS) is 42.3. The van der Waals surface area contributed by atoms with Crippen LogP contribution in [0.2, 0.25) is 0 Å². The Hall–Kier alpha value is -2.92. The molecule has 0 aromatic carbocycles. The SMILES string of the molecule is C=C1CC[C@H](OC(C)=O)[C@@]2(C)[C@H]1[C@H](OC(C)=O)C13O[C@H](C(=C)[C@H](Cl)[C@@H]1OC(=O)[C@@H]3C)[C@H](OC(C)=O)[C@@H]2OC(C)=O. The summed E-state index contributed by atoms with van der Waals surface area (Å²) in [6, 6.07) is 0. The Balaban J connectivity index is 2.11. The standard InChI is InChI=1S/C28H35ClO11/c1-11-9-10-18(35-14(4)30)27(8)19(11)23(37-16(6)32)28-13(3)26(34)39-24(28)20(29)12(2)21(40-28)22(36-15(5)31)25(27)38-17(7)33/h13,18-25H,1-2,9-10H2,3-8H3/t13-,18-,19+,20-,21+,22-,23-,24-,25-,27-,28?/m0/s1. The van der Waals surface area contributed by atoms with Crippen LogP contribution >= 0.6 is 11.6 Å². The molecular formula is C28H35ClO11. The molecular weight excluding hydrogens is 548 g/mol. The fourth-order valence-corrected chi connectivity index (χ4v) is 7.49. The summed E-state index contributed by atoms with van der Waals surface area (Å²) in [4.78, 5) is 63.2. The van der Waals surface area contributed by atoms with Crippen molar-refractivity contribution >= 4 is 41.4 Å². The van der Waals surface area contributed by atoms with Crippen molar-refractivity contribution in [2.45, 2.75) is 102 Å². The van der Waals surface area contributed by atoms with Crippen molar-refractivity contribution in [1.82, 2.24) is 0 Å². The molecule has 0 radical (unpaired) electrons. The lowest BCUT2D eigenvalue weighted by Crippen LogP contribution is -2.75. The average molecular weight is 583 g/mol. The molecule has 1 spiro atoms. The molecule has 12 heteroatoms. The number of hydrogen-bond donors (Lipinski definition) is 0. The second-order valence-electron chi connectivity index (χ2n) is 11.2. The van der Waals surface area contributed by atoms with Gasteiger partial charge in [-0.3, -0.25) is 24.0 Å². The predicted octanol–water partition coefficient (Wildman–Crippen LogP) is 2.56. The lowest BCUT2D eigenvalue weighted by Gasteiger charge is -2.61. The van der Waals surface area contributed by atoms with E-state index in [1.165, 1.54) is 27.7 Å². The van der Waals surface area contributed by atoms with Crippen LogP contribution in [-0.2, 0) is 52.4 Å². The van der Waals surface area contributed by atoms with Gasteiger partial charge in [-0.15, -0.1) is 11.6 Å². The second kappa shape index (κ2) is 10.5. The van der Waals surface area contributed by atoms with Gasteiger partial charge in [-0.25, -0.2) is 0 Å². The fraction of sp³-hybridized carbons (Fsp3) is 0.679. The molecule has 3 saturated heterocycles. The summed E-state index contributed by atoms with van der Waals surface area (Å²) >= 11 is 6.89. The molecule has 0 aromatic heterocycles. The minimum absolute atomic E-state index is 0.204. The highest BCUT2D eigenvalue weighted by molar-refractivity contribution is 6.23. The summed E-state index contributed by atoms with van der Waals surface area (Å²) in [6.45, 7) is 16.4. The van der Waals surface area contributed by atoms with Crippen LogP contribution in [0.1, 0.15) is 54.4 Å². The van der Waals surface area contributed by atoms with E-state index < -0.39 is 94.7 Å². The fourth-order valence-electron chi connectivity index (χ4n) is 7.12. The number of rotatable bonds is 4. The first-order valence-corrected chi connectivity index (χ1v) is 13.6. The van der Waals surface area contributed by atoms with Gasteiger partial charge in [0.05, 0.1) is 16.7 Å².